The number of amides is 2. The number of para-hydroxylation sites is 1. The van der Waals surface area contributed by atoms with E-state index in [1.807, 2.05) is 51.2 Å². The van der Waals surface area contributed by atoms with Gasteiger partial charge in [0.05, 0.1) is 7.05 Å². The van der Waals surface area contributed by atoms with Crippen molar-refractivity contribution in [2.75, 3.05) is 25.5 Å². The van der Waals surface area contributed by atoms with Crippen LogP contribution in [-0.4, -0.2) is 38.0 Å². The normalized spacial score (nSPS) is 13.3. The molecule has 1 unspecified atom stereocenters. The number of benzene rings is 1. The molecule has 0 aliphatic heterocycles. The van der Waals surface area contributed by atoms with Crippen LogP contribution in [0.2, 0.25) is 0 Å². The molecule has 0 radical (unpaired) electrons. The van der Waals surface area contributed by atoms with Crippen molar-refractivity contribution in [3.05, 3.63) is 30.3 Å². The highest BCUT2D eigenvalue weighted by Gasteiger charge is 2.23. The Morgan fingerprint density at radius 1 is 1.25 bits per heavy atom. The van der Waals surface area contributed by atoms with Crippen LogP contribution >= 0.6 is 0 Å². The van der Waals surface area contributed by atoms with Crippen LogP contribution in [0.25, 0.3) is 0 Å². The third kappa shape index (κ3) is 5.40. The topological polar surface area (TPSA) is 62.6 Å². The summed E-state index contributed by atoms with van der Waals surface area (Å²) in [5.41, 5.74) is 0.771. The molecule has 5 nitrogen and oxygen atoms in total. The predicted molar refractivity (Wildman–Crippen MR) is 79.6 cm³/mol. The van der Waals surface area contributed by atoms with Gasteiger partial charge in [-0.05, 0) is 25.5 Å². The molecule has 0 saturated carbocycles. The lowest BCUT2D eigenvalue weighted by Crippen LogP contribution is -3.15. The molecule has 3 N–H and O–H groups in total. The minimum Gasteiger partial charge on any atom is -0.351 e. The van der Waals surface area contributed by atoms with Crippen molar-refractivity contribution in [2.45, 2.75) is 26.3 Å². The lowest BCUT2D eigenvalue weighted by Gasteiger charge is -2.20. The van der Waals surface area contributed by atoms with Crippen molar-refractivity contribution < 1.29 is 14.5 Å². The van der Waals surface area contributed by atoms with Crippen LogP contribution in [0.5, 0.6) is 0 Å². The number of hydrogen-bond acceptors (Lipinski definition) is 2. The van der Waals surface area contributed by atoms with E-state index in [1.54, 1.807) is 0 Å². The van der Waals surface area contributed by atoms with Crippen molar-refractivity contribution in [3.8, 4) is 0 Å². The van der Waals surface area contributed by atoms with Crippen LogP contribution in [0.15, 0.2) is 30.3 Å². The smallest absolute Gasteiger partial charge is 0.282 e. The predicted octanol–water partition coefficient (Wildman–Crippen LogP) is 0.0545. The molecule has 2 amide bonds. The zero-order chi connectivity index (χ0) is 15.0. The van der Waals surface area contributed by atoms with Crippen molar-refractivity contribution in [1.29, 1.82) is 0 Å². The highest BCUT2D eigenvalue weighted by atomic mass is 16.2. The quantitative estimate of drug-likeness (QED) is 0.660. The number of carbonyl (C=O) groups is 2. The molecular formula is C15H24N3O2+. The molecule has 0 aromatic heterocycles. The Bertz CT molecular complexity index is 434. The highest BCUT2D eigenvalue weighted by Crippen LogP contribution is 2.04. The average molecular weight is 278 g/mol. The number of anilines is 1. The maximum atomic E-state index is 12.1. The molecule has 0 aliphatic rings. The first-order valence-corrected chi connectivity index (χ1v) is 6.99. The largest absolute Gasteiger partial charge is 0.351 e. The summed E-state index contributed by atoms with van der Waals surface area (Å²) in [4.78, 5) is 24.6. The first kappa shape index (κ1) is 16.2. The van der Waals surface area contributed by atoms with Gasteiger partial charge in [-0.25, -0.2) is 0 Å². The van der Waals surface area contributed by atoms with Gasteiger partial charge in [-0.2, -0.15) is 0 Å². The van der Waals surface area contributed by atoms with Crippen LogP contribution in [0.1, 0.15) is 20.3 Å². The van der Waals surface area contributed by atoms with E-state index in [1.165, 1.54) is 0 Å². The second kappa shape index (κ2) is 8.32. The molecule has 0 aliphatic carbocycles. The Balaban J connectivity index is 2.45. The second-order valence-corrected chi connectivity index (χ2v) is 4.95. The standard InChI is InChI=1S/C15H23N3O2/c1-4-10-16-14(19)11-18(3)12(2)15(20)17-13-8-6-5-7-9-13/h5-9,12H,4,10-11H2,1-3H3,(H,16,19)(H,17,20)/p+1/t12-/m1/s1. The van der Waals surface area contributed by atoms with Gasteiger partial charge < -0.3 is 15.5 Å². The van der Waals surface area contributed by atoms with E-state index in [0.717, 1.165) is 17.0 Å². The fourth-order valence-electron chi connectivity index (χ4n) is 1.73. The number of carbonyl (C=O) groups excluding carboxylic acids is 2. The molecule has 0 fully saturated rings. The van der Waals surface area contributed by atoms with Crippen LogP contribution < -0.4 is 15.5 Å². The molecule has 0 bridgehead atoms. The minimum absolute atomic E-state index is 0.0243. The van der Waals surface area contributed by atoms with Crippen molar-refractivity contribution in [1.82, 2.24) is 5.32 Å². The van der Waals surface area contributed by atoms with Gasteiger partial charge in [0.1, 0.15) is 0 Å². The molecule has 0 saturated heterocycles. The molecule has 1 aromatic rings. The van der Waals surface area contributed by atoms with Gasteiger partial charge in [0.15, 0.2) is 12.6 Å². The Kier molecular flexibility index (Phi) is 6.73. The Labute approximate surface area is 120 Å². The van der Waals surface area contributed by atoms with Crippen molar-refractivity contribution in [2.24, 2.45) is 0 Å². The van der Waals surface area contributed by atoms with Crippen molar-refractivity contribution >= 4 is 17.5 Å². The Hall–Kier alpha value is -1.88. The maximum absolute atomic E-state index is 12.1. The average Bonchev–Trinajstić information content (AvgIpc) is 2.45. The Morgan fingerprint density at radius 2 is 1.90 bits per heavy atom. The fraction of sp³-hybridized carbons (Fsp3) is 0.467. The Morgan fingerprint density at radius 3 is 2.50 bits per heavy atom. The lowest BCUT2D eigenvalue weighted by molar-refractivity contribution is -0.885. The molecule has 1 rings (SSSR count). The minimum atomic E-state index is -0.289. The molecule has 5 heteroatoms. The number of likely N-dealkylation sites (N-methyl/N-ethyl adjacent to an activating group) is 1. The number of nitrogens with one attached hydrogen (secondary N) is 3. The van der Waals surface area contributed by atoms with Crippen LogP contribution in [0.4, 0.5) is 5.69 Å². The van der Waals surface area contributed by atoms with Gasteiger partial charge >= 0.3 is 0 Å². The van der Waals surface area contributed by atoms with Crippen molar-refractivity contribution in [3.63, 3.8) is 0 Å². The summed E-state index contributed by atoms with van der Waals surface area (Å²) < 4.78 is 0. The van der Waals surface area contributed by atoms with E-state index in [0.29, 0.717) is 13.1 Å². The van der Waals surface area contributed by atoms with E-state index in [2.05, 4.69) is 10.6 Å². The summed E-state index contributed by atoms with van der Waals surface area (Å²) in [6.45, 7) is 4.80. The van der Waals surface area contributed by atoms with Gasteiger partial charge in [-0.15, -0.1) is 0 Å². The monoisotopic (exact) mass is 278 g/mol. The van der Waals surface area contributed by atoms with Crippen LogP contribution in [-0.2, 0) is 9.59 Å². The van der Waals surface area contributed by atoms with Gasteiger partial charge in [0.25, 0.3) is 11.8 Å². The summed E-state index contributed by atoms with van der Waals surface area (Å²) in [6, 6.07) is 9.03. The van der Waals surface area contributed by atoms with E-state index in [-0.39, 0.29) is 17.9 Å². The molecule has 20 heavy (non-hydrogen) atoms. The molecular weight excluding hydrogens is 254 g/mol. The lowest BCUT2D eigenvalue weighted by atomic mass is 10.2. The first-order valence-electron chi connectivity index (χ1n) is 6.99. The zero-order valence-corrected chi connectivity index (χ0v) is 12.4. The molecule has 2 atom stereocenters. The number of quaternary nitrogens is 1. The van der Waals surface area contributed by atoms with E-state index >= 15 is 0 Å². The summed E-state index contributed by atoms with van der Waals surface area (Å²) in [5.74, 6) is -0.110. The molecule has 1 aromatic carbocycles. The van der Waals surface area contributed by atoms with Gasteiger partial charge in [-0.3, -0.25) is 9.59 Å². The maximum Gasteiger partial charge on any atom is 0.282 e. The summed E-state index contributed by atoms with van der Waals surface area (Å²) in [5, 5.41) is 5.66. The number of hydrogen-bond donors (Lipinski definition) is 3. The molecule has 110 valence electrons. The first-order chi connectivity index (χ1) is 9.54. The number of rotatable bonds is 7. The third-order valence-corrected chi connectivity index (χ3v) is 3.19. The zero-order valence-electron chi connectivity index (χ0n) is 12.4. The third-order valence-electron chi connectivity index (χ3n) is 3.19. The summed E-state index contributed by atoms with van der Waals surface area (Å²) in [6.07, 6.45) is 0.912. The SMILES string of the molecule is CCCNC(=O)C[NH+](C)[C@H](C)C(=O)Nc1ccccc1. The second-order valence-electron chi connectivity index (χ2n) is 4.95. The molecule has 0 spiro atoms. The van der Waals surface area contributed by atoms with Gasteiger partial charge in [-0.1, -0.05) is 25.1 Å². The van der Waals surface area contributed by atoms with E-state index in [4.69, 9.17) is 0 Å². The summed E-state index contributed by atoms with van der Waals surface area (Å²) >= 11 is 0. The summed E-state index contributed by atoms with van der Waals surface area (Å²) in [7, 11) is 1.85. The van der Waals surface area contributed by atoms with Crippen LogP contribution in [0, 0.1) is 0 Å². The van der Waals surface area contributed by atoms with Gasteiger partial charge in [0, 0.05) is 12.2 Å². The fourth-order valence-corrected chi connectivity index (χ4v) is 1.73. The van der Waals surface area contributed by atoms with E-state index < -0.39 is 0 Å². The van der Waals surface area contributed by atoms with Crippen LogP contribution in [0.3, 0.4) is 0 Å². The highest BCUT2D eigenvalue weighted by molar-refractivity contribution is 5.93. The van der Waals surface area contributed by atoms with E-state index in [9.17, 15) is 9.59 Å². The van der Waals surface area contributed by atoms with Gasteiger partial charge in [0.2, 0.25) is 0 Å². The molecule has 0 heterocycles.